The lowest BCUT2D eigenvalue weighted by Gasteiger charge is -2.15. The number of rotatable bonds is 3. The van der Waals surface area contributed by atoms with Crippen molar-refractivity contribution in [2.75, 3.05) is 0 Å². The Kier molecular flexibility index (Phi) is 5.80. The van der Waals surface area contributed by atoms with Crippen LogP contribution in [0, 0.1) is 5.41 Å². The van der Waals surface area contributed by atoms with Crippen LogP contribution in [0.5, 0.6) is 0 Å². The lowest BCUT2D eigenvalue weighted by atomic mass is 9.90. The van der Waals surface area contributed by atoms with Gasteiger partial charge in [0.15, 0.2) is 0 Å². The molecule has 0 amide bonds. The second kappa shape index (κ2) is 10.1. The third-order valence-electron chi connectivity index (χ3n) is 10.4. The zero-order chi connectivity index (χ0) is 32.0. The SMILES string of the molecule is C=CC1(C)C=Cc2c(n(-c3cccc4c3sc3ccccc34)c3ccc(-c4ccc5c6ccccc6c6ccccc6c5c4)cc23)C=C1. The summed E-state index contributed by atoms with van der Waals surface area (Å²) in [7, 11) is 0. The molecule has 2 heteroatoms. The average molecular weight is 630 g/mol. The van der Waals surface area contributed by atoms with Crippen LogP contribution in [0.15, 0.2) is 152 Å². The molecular weight excluding hydrogens is 599 g/mol. The van der Waals surface area contributed by atoms with Crippen molar-refractivity contribution in [1.29, 1.82) is 0 Å². The van der Waals surface area contributed by atoms with Crippen molar-refractivity contribution in [3.8, 4) is 16.8 Å². The first kappa shape index (κ1) is 27.4. The number of hydrogen-bond donors (Lipinski definition) is 0. The summed E-state index contributed by atoms with van der Waals surface area (Å²) in [6.07, 6.45) is 11.2. The molecule has 0 spiro atoms. The van der Waals surface area contributed by atoms with E-state index in [2.05, 4.69) is 170 Å². The summed E-state index contributed by atoms with van der Waals surface area (Å²) in [5.41, 5.74) is 7.09. The number of nitrogens with zero attached hydrogens (tertiary/aromatic N) is 1. The van der Waals surface area contributed by atoms with Crippen molar-refractivity contribution in [2.45, 2.75) is 6.92 Å². The van der Waals surface area contributed by atoms with Crippen LogP contribution in [0.3, 0.4) is 0 Å². The maximum absolute atomic E-state index is 4.16. The van der Waals surface area contributed by atoms with E-state index in [1.54, 1.807) is 0 Å². The van der Waals surface area contributed by atoms with Crippen LogP contribution in [0.25, 0.3) is 92.4 Å². The van der Waals surface area contributed by atoms with Gasteiger partial charge in [0.25, 0.3) is 0 Å². The molecule has 1 nitrogen and oxygen atoms in total. The highest BCUT2D eigenvalue weighted by atomic mass is 32.1. The van der Waals surface area contributed by atoms with E-state index in [1.807, 2.05) is 17.4 Å². The normalized spacial score (nSPS) is 16.0. The highest BCUT2D eigenvalue weighted by Crippen LogP contribution is 2.44. The Morgan fingerprint density at radius 1 is 0.562 bits per heavy atom. The molecule has 0 N–H and O–H groups in total. The molecular formula is C46H31NS. The molecule has 10 rings (SSSR count). The number of fused-ring (bicyclic) bond motifs is 12. The molecule has 0 aliphatic heterocycles. The first-order valence-electron chi connectivity index (χ1n) is 16.5. The van der Waals surface area contributed by atoms with Gasteiger partial charge in [-0.2, -0.15) is 0 Å². The number of aromatic nitrogens is 1. The van der Waals surface area contributed by atoms with Gasteiger partial charge in [0, 0.05) is 31.8 Å². The molecule has 0 saturated carbocycles. The number of hydrogen-bond acceptors (Lipinski definition) is 1. The van der Waals surface area contributed by atoms with E-state index in [0.29, 0.717) is 0 Å². The highest BCUT2D eigenvalue weighted by molar-refractivity contribution is 7.26. The summed E-state index contributed by atoms with van der Waals surface area (Å²) in [5.74, 6) is 0. The van der Waals surface area contributed by atoms with Gasteiger partial charge in [0.2, 0.25) is 0 Å². The van der Waals surface area contributed by atoms with Crippen LogP contribution in [0.2, 0.25) is 0 Å². The van der Waals surface area contributed by atoms with Crippen LogP contribution in [-0.2, 0) is 0 Å². The molecule has 7 aromatic carbocycles. The zero-order valence-electron chi connectivity index (χ0n) is 26.6. The average Bonchev–Trinajstić information content (AvgIpc) is 3.62. The molecule has 226 valence electrons. The lowest BCUT2D eigenvalue weighted by Crippen LogP contribution is -2.03. The largest absolute Gasteiger partial charge is 0.308 e. The molecule has 2 heterocycles. The predicted molar refractivity (Wildman–Crippen MR) is 210 cm³/mol. The van der Waals surface area contributed by atoms with E-state index in [1.165, 1.54) is 91.5 Å². The molecule has 0 fully saturated rings. The molecule has 0 radical (unpaired) electrons. The standard InChI is InChI=1S/C46H31NS/c1-3-46(2)25-23-36-40-28-30(29-19-21-35-33-13-5-4-11-31(33)32-12-6-7-14-34(32)39(35)27-29)20-22-41(40)47(42(36)24-26-46)43-17-10-16-38-37-15-8-9-18-44(37)48-45(38)43/h3-28H,1H2,2H3. The van der Waals surface area contributed by atoms with Gasteiger partial charge < -0.3 is 4.57 Å². The molecule has 1 atom stereocenters. The van der Waals surface area contributed by atoms with Crippen molar-refractivity contribution >= 4 is 86.9 Å². The number of benzene rings is 7. The fourth-order valence-corrected chi connectivity index (χ4v) is 9.03. The third kappa shape index (κ3) is 3.90. The third-order valence-corrected chi connectivity index (χ3v) is 11.6. The van der Waals surface area contributed by atoms with Crippen molar-refractivity contribution in [3.63, 3.8) is 0 Å². The minimum atomic E-state index is -0.223. The van der Waals surface area contributed by atoms with Gasteiger partial charge in [-0.1, -0.05) is 121 Å². The lowest BCUT2D eigenvalue weighted by molar-refractivity contribution is 0.728. The summed E-state index contributed by atoms with van der Waals surface area (Å²) < 4.78 is 5.10. The number of allylic oxidation sites excluding steroid dienone is 3. The minimum Gasteiger partial charge on any atom is -0.308 e. The van der Waals surface area contributed by atoms with E-state index in [-0.39, 0.29) is 5.41 Å². The summed E-state index contributed by atoms with van der Waals surface area (Å²) in [6.45, 7) is 6.38. The maximum atomic E-state index is 4.16. The van der Waals surface area contributed by atoms with Crippen molar-refractivity contribution < 1.29 is 0 Å². The van der Waals surface area contributed by atoms with E-state index < -0.39 is 0 Å². The van der Waals surface area contributed by atoms with Crippen LogP contribution >= 0.6 is 11.3 Å². The fourth-order valence-electron chi connectivity index (χ4n) is 7.82. The van der Waals surface area contributed by atoms with Crippen LogP contribution in [-0.4, -0.2) is 4.57 Å². The number of thiophene rings is 1. The Balaban J connectivity index is 1.24. The van der Waals surface area contributed by atoms with Crippen molar-refractivity contribution in [2.24, 2.45) is 5.41 Å². The van der Waals surface area contributed by atoms with E-state index in [0.717, 1.165) is 0 Å². The van der Waals surface area contributed by atoms with Crippen molar-refractivity contribution in [1.82, 2.24) is 4.57 Å². The van der Waals surface area contributed by atoms with Crippen molar-refractivity contribution in [3.05, 3.63) is 163 Å². The molecule has 0 bridgehead atoms. The Hall–Kier alpha value is -5.70. The molecule has 1 unspecified atom stereocenters. The molecule has 9 aromatic rings. The predicted octanol–water partition coefficient (Wildman–Crippen LogP) is 13.4. The highest BCUT2D eigenvalue weighted by Gasteiger charge is 2.23. The van der Waals surface area contributed by atoms with Gasteiger partial charge in [-0.05, 0) is 86.8 Å². The van der Waals surface area contributed by atoms with Gasteiger partial charge in [-0.25, -0.2) is 0 Å². The Labute approximate surface area is 283 Å². The van der Waals surface area contributed by atoms with Gasteiger partial charge >= 0.3 is 0 Å². The molecule has 0 saturated heterocycles. The molecule has 2 aromatic heterocycles. The maximum Gasteiger partial charge on any atom is 0.0640 e. The minimum absolute atomic E-state index is 0.223. The first-order valence-corrected chi connectivity index (χ1v) is 17.4. The Morgan fingerprint density at radius 3 is 1.88 bits per heavy atom. The first-order chi connectivity index (χ1) is 23.6. The molecule has 1 aliphatic carbocycles. The summed E-state index contributed by atoms with van der Waals surface area (Å²) in [6, 6.07) is 47.1. The summed E-state index contributed by atoms with van der Waals surface area (Å²) >= 11 is 1.88. The second-order valence-electron chi connectivity index (χ2n) is 13.2. The van der Waals surface area contributed by atoms with Gasteiger partial charge in [0.05, 0.1) is 21.6 Å². The Bertz CT molecular complexity index is 2840. The van der Waals surface area contributed by atoms with E-state index >= 15 is 0 Å². The fraction of sp³-hybridized carbons (Fsp3) is 0.0435. The Morgan fingerprint density at radius 2 is 1.15 bits per heavy atom. The second-order valence-corrected chi connectivity index (χ2v) is 14.3. The van der Waals surface area contributed by atoms with E-state index in [4.69, 9.17) is 0 Å². The van der Waals surface area contributed by atoms with Gasteiger partial charge in [0.1, 0.15) is 0 Å². The van der Waals surface area contributed by atoms with Gasteiger partial charge in [-0.15, -0.1) is 17.9 Å². The van der Waals surface area contributed by atoms with Crippen LogP contribution in [0.1, 0.15) is 18.2 Å². The van der Waals surface area contributed by atoms with Gasteiger partial charge in [-0.3, -0.25) is 0 Å². The molecule has 48 heavy (non-hydrogen) atoms. The summed E-state index contributed by atoms with van der Waals surface area (Å²) in [5, 5.41) is 11.7. The quantitative estimate of drug-likeness (QED) is 0.135. The monoisotopic (exact) mass is 629 g/mol. The van der Waals surface area contributed by atoms with E-state index in [9.17, 15) is 0 Å². The van der Waals surface area contributed by atoms with Crippen LogP contribution < -0.4 is 0 Å². The zero-order valence-corrected chi connectivity index (χ0v) is 27.4. The van der Waals surface area contributed by atoms with Crippen LogP contribution in [0.4, 0.5) is 0 Å². The smallest absolute Gasteiger partial charge is 0.0640 e. The molecule has 1 aliphatic rings. The summed E-state index contributed by atoms with van der Waals surface area (Å²) in [4.78, 5) is 0. The topological polar surface area (TPSA) is 4.93 Å².